The van der Waals surface area contributed by atoms with E-state index >= 15 is 0 Å². The predicted molar refractivity (Wildman–Crippen MR) is 98.6 cm³/mol. The van der Waals surface area contributed by atoms with E-state index in [9.17, 15) is 0 Å². The van der Waals surface area contributed by atoms with E-state index in [4.69, 9.17) is 0 Å². The monoisotopic (exact) mass is 319 g/mol. The second-order valence-corrected chi connectivity index (χ2v) is 5.51. The van der Waals surface area contributed by atoms with Gasteiger partial charge in [-0.15, -0.1) is 0 Å². The maximum atomic E-state index is 4.53. The van der Waals surface area contributed by atoms with Crippen molar-refractivity contribution >= 4 is 17.5 Å². The third-order valence-corrected chi connectivity index (χ3v) is 3.87. The minimum absolute atomic E-state index is 0.562. The molecule has 0 aliphatic rings. The minimum Gasteiger partial charge on any atom is -0.357 e. The normalized spacial score (nSPS) is 10.5. The van der Waals surface area contributed by atoms with Crippen molar-refractivity contribution in [2.24, 2.45) is 0 Å². The zero-order valence-corrected chi connectivity index (χ0v) is 14.2. The fourth-order valence-corrected chi connectivity index (χ4v) is 2.60. The van der Waals surface area contributed by atoms with Crippen LogP contribution in [-0.4, -0.2) is 22.0 Å². The number of rotatable bonds is 5. The van der Waals surface area contributed by atoms with Crippen molar-refractivity contribution in [2.75, 3.05) is 17.7 Å². The predicted octanol–water partition coefficient (Wildman–Crippen LogP) is 4.19. The van der Waals surface area contributed by atoms with Crippen molar-refractivity contribution in [3.63, 3.8) is 0 Å². The molecule has 24 heavy (non-hydrogen) atoms. The number of pyridine rings is 1. The average Bonchev–Trinajstić information content (AvgIpc) is 2.64. The number of para-hydroxylation sites is 1. The van der Waals surface area contributed by atoms with Crippen LogP contribution in [0.3, 0.4) is 0 Å². The van der Waals surface area contributed by atoms with Crippen LogP contribution in [0.25, 0.3) is 11.4 Å². The van der Waals surface area contributed by atoms with Crippen molar-refractivity contribution in [2.45, 2.75) is 20.3 Å². The highest BCUT2D eigenvalue weighted by molar-refractivity contribution is 5.69. The van der Waals surface area contributed by atoms with E-state index in [1.54, 1.807) is 6.20 Å². The summed E-state index contributed by atoms with van der Waals surface area (Å²) in [6.45, 7) is 4.25. The third-order valence-electron chi connectivity index (χ3n) is 3.87. The maximum Gasteiger partial charge on any atom is 0.225 e. The number of nitrogens with one attached hydrogen (secondary N) is 2. The molecule has 5 nitrogen and oxygen atoms in total. The number of aromatic nitrogens is 3. The van der Waals surface area contributed by atoms with E-state index in [1.165, 1.54) is 11.1 Å². The first-order chi connectivity index (χ1) is 11.7. The number of hydrogen-bond acceptors (Lipinski definition) is 5. The van der Waals surface area contributed by atoms with Crippen LogP contribution in [0.2, 0.25) is 0 Å². The molecular formula is C19H21N5. The molecule has 0 radical (unpaired) electrons. The SMILES string of the molecule is CCc1cccc(C)c1Nc1cc(-c2ccccn2)nc(NC)n1. The van der Waals surface area contributed by atoms with Crippen LogP contribution in [-0.2, 0) is 6.42 Å². The molecule has 0 spiro atoms. The molecule has 0 saturated heterocycles. The number of anilines is 3. The molecular weight excluding hydrogens is 298 g/mol. The van der Waals surface area contributed by atoms with Gasteiger partial charge in [0.2, 0.25) is 5.95 Å². The molecule has 1 aromatic carbocycles. The molecule has 0 bridgehead atoms. The molecule has 2 N–H and O–H groups in total. The van der Waals surface area contributed by atoms with Gasteiger partial charge in [-0.25, -0.2) is 4.98 Å². The molecule has 122 valence electrons. The summed E-state index contributed by atoms with van der Waals surface area (Å²) >= 11 is 0. The van der Waals surface area contributed by atoms with Crippen LogP contribution in [0.5, 0.6) is 0 Å². The zero-order valence-electron chi connectivity index (χ0n) is 14.2. The van der Waals surface area contributed by atoms with Gasteiger partial charge in [-0.3, -0.25) is 4.98 Å². The van der Waals surface area contributed by atoms with Crippen molar-refractivity contribution in [3.05, 3.63) is 59.8 Å². The lowest BCUT2D eigenvalue weighted by Gasteiger charge is -2.14. The highest BCUT2D eigenvalue weighted by atomic mass is 15.1. The number of aryl methyl sites for hydroxylation is 2. The summed E-state index contributed by atoms with van der Waals surface area (Å²) in [5.74, 6) is 1.31. The van der Waals surface area contributed by atoms with Gasteiger partial charge in [0.25, 0.3) is 0 Å². The van der Waals surface area contributed by atoms with Crippen molar-refractivity contribution in [1.82, 2.24) is 15.0 Å². The molecule has 5 heteroatoms. The Bertz CT molecular complexity index is 830. The number of hydrogen-bond donors (Lipinski definition) is 2. The summed E-state index contributed by atoms with van der Waals surface area (Å²) in [7, 11) is 1.81. The van der Waals surface area contributed by atoms with Gasteiger partial charge in [-0.05, 0) is 36.6 Å². The van der Waals surface area contributed by atoms with E-state index in [0.29, 0.717) is 5.95 Å². The molecule has 2 aromatic heterocycles. The highest BCUT2D eigenvalue weighted by Gasteiger charge is 2.10. The Balaban J connectivity index is 2.03. The van der Waals surface area contributed by atoms with Gasteiger partial charge >= 0.3 is 0 Å². The lowest BCUT2D eigenvalue weighted by Crippen LogP contribution is -2.04. The minimum atomic E-state index is 0.562. The highest BCUT2D eigenvalue weighted by Crippen LogP contribution is 2.27. The first-order valence-electron chi connectivity index (χ1n) is 8.05. The molecule has 0 aliphatic heterocycles. The lowest BCUT2D eigenvalue weighted by molar-refractivity contribution is 1.11. The van der Waals surface area contributed by atoms with Gasteiger partial charge in [0, 0.05) is 25.0 Å². The summed E-state index contributed by atoms with van der Waals surface area (Å²) in [4.78, 5) is 13.4. The first kappa shape index (κ1) is 15.9. The summed E-state index contributed by atoms with van der Waals surface area (Å²) in [5, 5.41) is 6.47. The fourth-order valence-electron chi connectivity index (χ4n) is 2.60. The topological polar surface area (TPSA) is 62.7 Å². The Kier molecular flexibility index (Phi) is 4.70. The van der Waals surface area contributed by atoms with E-state index in [-0.39, 0.29) is 0 Å². The van der Waals surface area contributed by atoms with E-state index < -0.39 is 0 Å². The lowest BCUT2D eigenvalue weighted by atomic mass is 10.1. The van der Waals surface area contributed by atoms with Crippen LogP contribution < -0.4 is 10.6 Å². The largest absolute Gasteiger partial charge is 0.357 e. The van der Waals surface area contributed by atoms with E-state index in [1.807, 2.05) is 31.3 Å². The molecule has 0 amide bonds. The molecule has 0 aliphatic carbocycles. The average molecular weight is 319 g/mol. The molecule has 0 saturated carbocycles. The van der Waals surface area contributed by atoms with E-state index in [0.717, 1.165) is 29.3 Å². The molecule has 0 unspecified atom stereocenters. The van der Waals surface area contributed by atoms with Gasteiger partial charge in [0.15, 0.2) is 0 Å². The summed E-state index contributed by atoms with van der Waals surface area (Å²) in [5.41, 5.74) is 5.16. The van der Waals surface area contributed by atoms with Crippen LogP contribution in [0, 0.1) is 6.92 Å². The summed E-state index contributed by atoms with van der Waals surface area (Å²) < 4.78 is 0. The second-order valence-electron chi connectivity index (χ2n) is 5.51. The third kappa shape index (κ3) is 3.35. The van der Waals surface area contributed by atoms with Crippen molar-refractivity contribution < 1.29 is 0 Å². The standard InChI is InChI=1S/C19H21N5/c1-4-14-9-7-8-13(2)18(14)23-17-12-16(22-19(20-3)24-17)15-10-5-6-11-21-15/h5-12H,4H2,1-3H3,(H2,20,22,23,24). The van der Waals surface area contributed by atoms with Crippen molar-refractivity contribution in [3.8, 4) is 11.4 Å². The molecule has 0 fully saturated rings. The number of nitrogens with zero attached hydrogens (tertiary/aromatic N) is 3. The van der Waals surface area contributed by atoms with Gasteiger partial charge in [0.1, 0.15) is 5.82 Å². The van der Waals surface area contributed by atoms with Gasteiger partial charge < -0.3 is 10.6 Å². The summed E-state index contributed by atoms with van der Waals surface area (Å²) in [6, 6.07) is 14.0. The summed E-state index contributed by atoms with van der Waals surface area (Å²) in [6.07, 6.45) is 2.72. The van der Waals surface area contributed by atoms with Crippen molar-refractivity contribution in [1.29, 1.82) is 0 Å². The Morgan fingerprint density at radius 3 is 2.58 bits per heavy atom. The number of benzene rings is 1. The van der Waals surface area contributed by atoms with E-state index in [2.05, 4.69) is 57.6 Å². The van der Waals surface area contributed by atoms with Crippen LogP contribution in [0.4, 0.5) is 17.5 Å². The van der Waals surface area contributed by atoms with Crippen LogP contribution >= 0.6 is 0 Å². The first-order valence-corrected chi connectivity index (χ1v) is 8.05. The van der Waals surface area contributed by atoms with Crippen LogP contribution in [0.15, 0.2) is 48.7 Å². The Labute approximate surface area is 142 Å². The van der Waals surface area contributed by atoms with Gasteiger partial charge in [-0.1, -0.05) is 31.2 Å². The quantitative estimate of drug-likeness (QED) is 0.738. The van der Waals surface area contributed by atoms with Gasteiger partial charge in [-0.2, -0.15) is 4.98 Å². The molecule has 3 aromatic rings. The Morgan fingerprint density at radius 1 is 1.00 bits per heavy atom. The zero-order chi connectivity index (χ0) is 16.9. The van der Waals surface area contributed by atoms with Crippen LogP contribution in [0.1, 0.15) is 18.1 Å². The molecule has 3 rings (SSSR count). The Hall–Kier alpha value is -2.95. The second kappa shape index (κ2) is 7.08. The molecule has 0 atom stereocenters. The molecule has 2 heterocycles. The fraction of sp³-hybridized carbons (Fsp3) is 0.211. The van der Waals surface area contributed by atoms with Gasteiger partial charge in [0.05, 0.1) is 11.4 Å². The smallest absolute Gasteiger partial charge is 0.225 e. The maximum absolute atomic E-state index is 4.53. The Morgan fingerprint density at radius 2 is 1.88 bits per heavy atom.